The van der Waals surface area contributed by atoms with Crippen LogP contribution in [-0.2, 0) is 19.1 Å². The zero-order valence-corrected chi connectivity index (χ0v) is 8.82. The van der Waals surface area contributed by atoms with Gasteiger partial charge >= 0.3 is 0 Å². The topological polar surface area (TPSA) is 84.5 Å². The van der Waals surface area contributed by atoms with Gasteiger partial charge in [0.25, 0.3) is 0 Å². The number of amides is 3. The molecule has 2 N–H and O–H groups in total. The van der Waals surface area contributed by atoms with Gasteiger partial charge in [0.15, 0.2) is 0 Å². The standard InChI is InChI=1S/C10H14N2O4/c13-8-4-3-6(9(14)12-8)11-10(15)7-2-1-5-16-7/h6-7H,1-5H2,(H,11,15)(H,12,13,14). The summed E-state index contributed by atoms with van der Waals surface area (Å²) in [6, 6.07) is -0.602. The van der Waals surface area contributed by atoms with Crippen molar-refractivity contribution in [2.24, 2.45) is 0 Å². The van der Waals surface area contributed by atoms with Crippen molar-refractivity contribution in [2.75, 3.05) is 6.61 Å². The number of imide groups is 1. The SMILES string of the molecule is O=C1CCC(NC(=O)C2CCCO2)C(=O)N1. The van der Waals surface area contributed by atoms with Gasteiger partial charge in [-0.15, -0.1) is 0 Å². The lowest BCUT2D eigenvalue weighted by molar-refractivity contribution is -0.139. The number of carbonyl (C=O) groups excluding carboxylic acids is 3. The molecule has 2 fully saturated rings. The lowest BCUT2D eigenvalue weighted by Gasteiger charge is -2.23. The quantitative estimate of drug-likeness (QED) is 0.597. The van der Waals surface area contributed by atoms with E-state index in [1.165, 1.54) is 0 Å². The largest absolute Gasteiger partial charge is 0.368 e. The number of ether oxygens (including phenoxy) is 1. The van der Waals surface area contributed by atoms with Gasteiger partial charge in [0.2, 0.25) is 17.7 Å². The predicted molar refractivity (Wildman–Crippen MR) is 53.3 cm³/mol. The van der Waals surface area contributed by atoms with Crippen LogP contribution in [0.2, 0.25) is 0 Å². The maximum absolute atomic E-state index is 11.6. The number of rotatable bonds is 2. The van der Waals surface area contributed by atoms with Crippen molar-refractivity contribution in [3.05, 3.63) is 0 Å². The van der Waals surface area contributed by atoms with E-state index in [1.807, 2.05) is 0 Å². The minimum Gasteiger partial charge on any atom is -0.368 e. The van der Waals surface area contributed by atoms with E-state index in [0.29, 0.717) is 19.4 Å². The zero-order chi connectivity index (χ0) is 11.5. The molecule has 2 aliphatic rings. The molecule has 2 aliphatic heterocycles. The Morgan fingerprint density at radius 3 is 2.81 bits per heavy atom. The predicted octanol–water partition coefficient (Wildman–Crippen LogP) is -0.913. The van der Waals surface area contributed by atoms with Crippen molar-refractivity contribution in [1.82, 2.24) is 10.6 Å². The third kappa shape index (κ3) is 2.38. The van der Waals surface area contributed by atoms with Gasteiger partial charge in [0.1, 0.15) is 12.1 Å². The third-order valence-electron chi connectivity index (χ3n) is 2.78. The highest BCUT2D eigenvalue weighted by molar-refractivity contribution is 6.01. The molecule has 88 valence electrons. The Kier molecular flexibility index (Phi) is 3.19. The first-order chi connectivity index (χ1) is 7.66. The Balaban J connectivity index is 1.86. The second-order valence-corrected chi connectivity index (χ2v) is 4.01. The van der Waals surface area contributed by atoms with E-state index in [9.17, 15) is 14.4 Å². The fraction of sp³-hybridized carbons (Fsp3) is 0.700. The summed E-state index contributed by atoms with van der Waals surface area (Å²) in [5.41, 5.74) is 0. The first-order valence-corrected chi connectivity index (χ1v) is 5.42. The molecule has 0 aromatic heterocycles. The lowest BCUT2D eigenvalue weighted by atomic mass is 10.1. The van der Waals surface area contributed by atoms with Crippen LogP contribution < -0.4 is 10.6 Å². The molecule has 6 nitrogen and oxygen atoms in total. The maximum Gasteiger partial charge on any atom is 0.249 e. The highest BCUT2D eigenvalue weighted by Crippen LogP contribution is 2.13. The van der Waals surface area contributed by atoms with Gasteiger partial charge in [-0.1, -0.05) is 0 Å². The normalized spacial score (nSPS) is 30.0. The Morgan fingerprint density at radius 2 is 2.19 bits per heavy atom. The number of hydrogen-bond acceptors (Lipinski definition) is 4. The minimum absolute atomic E-state index is 0.257. The van der Waals surface area contributed by atoms with Gasteiger partial charge < -0.3 is 10.1 Å². The third-order valence-corrected chi connectivity index (χ3v) is 2.78. The van der Waals surface area contributed by atoms with E-state index < -0.39 is 18.1 Å². The van der Waals surface area contributed by atoms with Crippen molar-refractivity contribution >= 4 is 17.7 Å². The summed E-state index contributed by atoms with van der Waals surface area (Å²) in [6.45, 7) is 0.591. The molecule has 3 amide bonds. The summed E-state index contributed by atoms with van der Waals surface area (Å²) in [5.74, 6) is -0.970. The Hall–Kier alpha value is -1.43. The smallest absolute Gasteiger partial charge is 0.249 e. The second kappa shape index (κ2) is 4.61. The average molecular weight is 226 g/mol. The first-order valence-electron chi connectivity index (χ1n) is 5.42. The van der Waals surface area contributed by atoms with Crippen LogP contribution in [0.1, 0.15) is 25.7 Å². The molecule has 0 radical (unpaired) electrons. The lowest BCUT2D eigenvalue weighted by Crippen LogP contribution is -2.54. The van der Waals surface area contributed by atoms with Crippen molar-refractivity contribution in [3.8, 4) is 0 Å². The molecule has 16 heavy (non-hydrogen) atoms. The molecule has 2 atom stereocenters. The molecule has 6 heteroatoms. The molecular weight excluding hydrogens is 212 g/mol. The number of piperidine rings is 1. The molecular formula is C10H14N2O4. The van der Waals surface area contributed by atoms with Gasteiger partial charge in [0, 0.05) is 13.0 Å². The van der Waals surface area contributed by atoms with Crippen LogP contribution in [0, 0.1) is 0 Å². The minimum atomic E-state index is -0.602. The van der Waals surface area contributed by atoms with Crippen LogP contribution in [0.3, 0.4) is 0 Å². The molecule has 0 saturated carbocycles. The highest BCUT2D eigenvalue weighted by atomic mass is 16.5. The van der Waals surface area contributed by atoms with E-state index in [1.54, 1.807) is 0 Å². The first kappa shape index (κ1) is 11.1. The van der Waals surface area contributed by atoms with Crippen LogP contribution in [0.5, 0.6) is 0 Å². The van der Waals surface area contributed by atoms with Crippen LogP contribution >= 0.6 is 0 Å². The monoisotopic (exact) mass is 226 g/mol. The number of hydrogen-bond donors (Lipinski definition) is 2. The molecule has 0 aromatic rings. The second-order valence-electron chi connectivity index (χ2n) is 4.01. The van der Waals surface area contributed by atoms with Crippen LogP contribution in [0.15, 0.2) is 0 Å². The van der Waals surface area contributed by atoms with Crippen molar-refractivity contribution in [2.45, 2.75) is 37.8 Å². The van der Waals surface area contributed by atoms with E-state index in [4.69, 9.17) is 4.74 Å². The summed E-state index contributed by atoms with van der Waals surface area (Å²) >= 11 is 0. The maximum atomic E-state index is 11.6. The Labute approximate surface area is 92.7 Å². The molecule has 2 unspecified atom stereocenters. The molecule has 0 bridgehead atoms. The van der Waals surface area contributed by atoms with Crippen LogP contribution in [0.4, 0.5) is 0 Å². The van der Waals surface area contributed by atoms with Crippen molar-refractivity contribution in [1.29, 1.82) is 0 Å². The summed E-state index contributed by atoms with van der Waals surface area (Å²) in [6.07, 6.45) is 1.75. The van der Waals surface area contributed by atoms with E-state index in [0.717, 1.165) is 6.42 Å². The fourth-order valence-electron chi connectivity index (χ4n) is 1.88. The molecule has 0 aliphatic carbocycles. The zero-order valence-electron chi connectivity index (χ0n) is 8.82. The molecule has 0 aromatic carbocycles. The Bertz CT molecular complexity index is 323. The van der Waals surface area contributed by atoms with E-state index in [-0.39, 0.29) is 18.2 Å². The summed E-state index contributed by atoms with van der Waals surface area (Å²) in [4.78, 5) is 33.9. The van der Waals surface area contributed by atoms with Gasteiger partial charge in [0.05, 0.1) is 0 Å². The van der Waals surface area contributed by atoms with Crippen molar-refractivity contribution in [3.63, 3.8) is 0 Å². The van der Waals surface area contributed by atoms with E-state index in [2.05, 4.69) is 10.6 Å². The molecule has 2 heterocycles. The van der Waals surface area contributed by atoms with Crippen LogP contribution in [0.25, 0.3) is 0 Å². The number of carbonyl (C=O) groups is 3. The van der Waals surface area contributed by atoms with Crippen molar-refractivity contribution < 1.29 is 19.1 Å². The Morgan fingerprint density at radius 1 is 1.38 bits per heavy atom. The fourth-order valence-corrected chi connectivity index (χ4v) is 1.88. The van der Waals surface area contributed by atoms with Gasteiger partial charge in [-0.25, -0.2) is 0 Å². The summed E-state index contributed by atoms with van der Waals surface area (Å²) < 4.78 is 5.20. The highest BCUT2D eigenvalue weighted by Gasteiger charge is 2.31. The van der Waals surface area contributed by atoms with Gasteiger partial charge in [-0.05, 0) is 19.3 Å². The molecule has 2 rings (SSSR count). The van der Waals surface area contributed by atoms with Gasteiger partial charge in [-0.3, -0.25) is 19.7 Å². The number of nitrogens with one attached hydrogen (secondary N) is 2. The summed E-state index contributed by atoms with van der Waals surface area (Å²) in [5, 5.41) is 4.79. The molecule has 2 saturated heterocycles. The van der Waals surface area contributed by atoms with Crippen LogP contribution in [-0.4, -0.2) is 36.5 Å². The summed E-state index contributed by atoms with van der Waals surface area (Å²) in [7, 11) is 0. The van der Waals surface area contributed by atoms with Gasteiger partial charge in [-0.2, -0.15) is 0 Å². The molecule has 0 spiro atoms. The van der Waals surface area contributed by atoms with E-state index >= 15 is 0 Å². The average Bonchev–Trinajstić information content (AvgIpc) is 2.75.